The first-order valence-corrected chi connectivity index (χ1v) is 11.7. The second kappa shape index (κ2) is 10.1. The molecule has 4 aromatic heterocycles. The number of fused-ring (bicyclic) bond motifs is 2. The first-order valence-electron chi connectivity index (χ1n) is 10.8. The lowest BCUT2D eigenvalue weighted by Gasteiger charge is -2.15. The minimum absolute atomic E-state index is 0.0307. The molecule has 0 bridgehead atoms. The van der Waals surface area contributed by atoms with E-state index >= 15 is 0 Å². The summed E-state index contributed by atoms with van der Waals surface area (Å²) in [5.74, 6) is -1.16. The summed E-state index contributed by atoms with van der Waals surface area (Å²) in [5.41, 5.74) is 1.44. The average molecular weight is 481 g/mol. The highest BCUT2D eigenvalue weighted by Gasteiger charge is 2.20. The molecule has 34 heavy (non-hydrogen) atoms. The third-order valence-electron chi connectivity index (χ3n) is 5.27. The zero-order valence-electron chi connectivity index (χ0n) is 19.1. The number of rotatable bonds is 7. The van der Waals surface area contributed by atoms with Crippen LogP contribution >= 0.6 is 11.3 Å². The molecule has 0 fully saturated rings. The fourth-order valence-corrected chi connectivity index (χ4v) is 4.30. The van der Waals surface area contributed by atoms with E-state index in [0.717, 1.165) is 5.56 Å². The molecule has 0 radical (unpaired) electrons. The molecule has 0 aliphatic heterocycles. The van der Waals surface area contributed by atoms with Crippen molar-refractivity contribution in [2.45, 2.75) is 26.8 Å². The van der Waals surface area contributed by atoms with Gasteiger partial charge in [-0.05, 0) is 49.4 Å². The molecule has 4 aromatic rings. The summed E-state index contributed by atoms with van der Waals surface area (Å²) in [5, 5.41) is 2.01. The van der Waals surface area contributed by atoms with E-state index in [0.29, 0.717) is 35.7 Å². The Morgan fingerprint density at radius 3 is 2.74 bits per heavy atom. The molecule has 9 nitrogen and oxygen atoms in total. The highest BCUT2D eigenvalue weighted by atomic mass is 32.1. The molecule has 0 unspecified atom stereocenters. The number of aromatic nitrogens is 3. The van der Waals surface area contributed by atoms with Crippen molar-refractivity contribution in [3.8, 4) is 0 Å². The minimum Gasteiger partial charge on any atom is -0.462 e. The van der Waals surface area contributed by atoms with Crippen LogP contribution in [0.25, 0.3) is 16.7 Å². The maximum Gasteiger partial charge on any atom is 0.341 e. The van der Waals surface area contributed by atoms with Gasteiger partial charge in [0.25, 0.3) is 11.5 Å². The Morgan fingerprint density at radius 2 is 2.03 bits per heavy atom. The van der Waals surface area contributed by atoms with Gasteiger partial charge in [0, 0.05) is 26.5 Å². The van der Waals surface area contributed by atoms with Gasteiger partial charge in [-0.25, -0.2) is 9.78 Å². The predicted octanol–water partition coefficient (Wildman–Crippen LogP) is 2.97. The van der Waals surface area contributed by atoms with Crippen LogP contribution in [0.3, 0.4) is 0 Å². The minimum atomic E-state index is -0.670. The van der Waals surface area contributed by atoms with Gasteiger partial charge >= 0.3 is 5.97 Å². The zero-order chi connectivity index (χ0) is 24.2. The number of carbonyl (C=O) groups is 2. The number of hydrogen-bond donors (Lipinski definition) is 0. The number of ether oxygens (including phenoxy) is 2. The number of methoxy groups -OCH3 is 1. The summed E-state index contributed by atoms with van der Waals surface area (Å²) < 4.78 is 13.5. The van der Waals surface area contributed by atoms with Crippen LogP contribution in [0.15, 0.2) is 51.7 Å². The Morgan fingerprint density at radius 1 is 1.21 bits per heavy atom. The van der Waals surface area contributed by atoms with Crippen molar-refractivity contribution in [1.29, 1.82) is 0 Å². The van der Waals surface area contributed by atoms with E-state index in [2.05, 4.69) is 4.99 Å². The summed E-state index contributed by atoms with van der Waals surface area (Å²) in [6.45, 7) is 4.44. The molecule has 0 aliphatic rings. The number of thiophene rings is 1. The molecule has 0 saturated heterocycles. The van der Waals surface area contributed by atoms with E-state index in [1.165, 1.54) is 21.8 Å². The van der Waals surface area contributed by atoms with E-state index < -0.39 is 11.9 Å². The van der Waals surface area contributed by atoms with Crippen molar-refractivity contribution in [3.05, 3.63) is 73.8 Å². The summed E-state index contributed by atoms with van der Waals surface area (Å²) in [6, 6.07) is 8.47. The second-order valence-electron chi connectivity index (χ2n) is 7.53. The Bertz CT molecular complexity index is 1500. The first-order chi connectivity index (χ1) is 16.5. The molecule has 1 amide bonds. The molecule has 4 rings (SSSR count). The summed E-state index contributed by atoms with van der Waals surface area (Å²) in [4.78, 5) is 48.8. The van der Waals surface area contributed by atoms with Gasteiger partial charge in [-0.15, -0.1) is 11.3 Å². The molecular formula is C24H24N4O5S. The van der Waals surface area contributed by atoms with Crippen LogP contribution < -0.4 is 11.0 Å². The molecule has 4 heterocycles. The largest absolute Gasteiger partial charge is 0.462 e. The monoisotopic (exact) mass is 480 g/mol. The van der Waals surface area contributed by atoms with Gasteiger partial charge in [0.2, 0.25) is 0 Å². The molecular weight excluding hydrogens is 456 g/mol. The number of pyridine rings is 2. The lowest BCUT2D eigenvalue weighted by molar-refractivity contribution is 0.0523. The number of nitrogens with zero attached hydrogens (tertiary/aromatic N) is 4. The van der Waals surface area contributed by atoms with Gasteiger partial charge in [-0.2, -0.15) is 4.99 Å². The fraction of sp³-hybridized carbons (Fsp3) is 0.292. The Kier molecular flexibility index (Phi) is 6.99. The van der Waals surface area contributed by atoms with Gasteiger partial charge < -0.3 is 14.0 Å². The summed E-state index contributed by atoms with van der Waals surface area (Å²) in [7, 11) is 1.59. The van der Waals surface area contributed by atoms with Gasteiger partial charge in [0.1, 0.15) is 16.9 Å². The summed E-state index contributed by atoms with van der Waals surface area (Å²) in [6.07, 6.45) is 2.18. The maximum atomic E-state index is 13.4. The van der Waals surface area contributed by atoms with Crippen LogP contribution in [-0.4, -0.2) is 46.2 Å². The van der Waals surface area contributed by atoms with Crippen molar-refractivity contribution in [2.75, 3.05) is 20.3 Å². The van der Waals surface area contributed by atoms with E-state index in [1.54, 1.807) is 48.4 Å². The van der Waals surface area contributed by atoms with Crippen LogP contribution in [0.1, 0.15) is 38.9 Å². The topological polar surface area (TPSA) is 104 Å². The van der Waals surface area contributed by atoms with Crippen molar-refractivity contribution < 1.29 is 19.1 Å². The van der Waals surface area contributed by atoms with Gasteiger partial charge in [-0.1, -0.05) is 12.1 Å². The van der Waals surface area contributed by atoms with E-state index in [1.807, 2.05) is 13.0 Å². The van der Waals surface area contributed by atoms with Crippen molar-refractivity contribution >= 4 is 39.9 Å². The average Bonchev–Trinajstić information content (AvgIpc) is 3.36. The molecule has 0 saturated carbocycles. The van der Waals surface area contributed by atoms with Gasteiger partial charge in [0.15, 0.2) is 5.49 Å². The van der Waals surface area contributed by atoms with Gasteiger partial charge in [-0.3, -0.25) is 14.0 Å². The van der Waals surface area contributed by atoms with Crippen LogP contribution in [0.5, 0.6) is 0 Å². The van der Waals surface area contributed by atoms with Crippen molar-refractivity contribution in [2.24, 2.45) is 4.99 Å². The fourth-order valence-electron chi connectivity index (χ4n) is 3.70. The summed E-state index contributed by atoms with van der Waals surface area (Å²) >= 11 is 1.25. The Balaban J connectivity index is 2.13. The number of esters is 1. The van der Waals surface area contributed by atoms with Crippen LogP contribution in [0.4, 0.5) is 0 Å². The molecule has 0 N–H and O–H groups in total. The van der Waals surface area contributed by atoms with E-state index in [9.17, 15) is 14.4 Å². The zero-order valence-corrected chi connectivity index (χ0v) is 19.9. The van der Waals surface area contributed by atoms with Crippen molar-refractivity contribution in [1.82, 2.24) is 14.0 Å². The number of hydrogen-bond acceptors (Lipinski definition) is 7. The SMILES string of the molecule is CCOC(=O)c1cc2c(=O)n3cccc(C)c3nc2n(CCCOC)c1=NC(=O)c1cccs1. The molecule has 10 heteroatoms. The van der Waals surface area contributed by atoms with Gasteiger partial charge in [0.05, 0.1) is 16.9 Å². The maximum absolute atomic E-state index is 13.4. The van der Waals surface area contributed by atoms with Crippen molar-refractivity contribution in [3.63, 3.8) is 0 Å². The highest BCUT2D eigenvalue weighted by Crippen LogP contribution is 2.15. The number of aryl methyl sites for hydroxylation is 2. The normalized spacial score (nSPS) is 11.9. The van der Waals surface area contributed by atoms with Crippen LogP contribution in [-0.2, 0) is 16.0 Å². The third kappa shape index (κ3) is 4.42. The standard InChI is InChI=1S/C24H24N4O5S/c1-4-33-24(31)17-14-16-20(25-19-15(2)8-5-10-28(19)23(16)30)27(11-7-12-32-3)21(17)26-22(29)18-9-6-13-34-18/h5-6,8-10,13-14H,4,7,11-12H2,1-3H3. The Labute approximate surface area is 198 Å². The van der Waals surface area contributed by atoms with Crippen LogP contribution in [0.2, 0.25) is 0 Å². The third-order valence-corrected chi connectivity index (χ3v) is 6.13. The molecule has 0 spiro atoms. The second-order valence-corrected chi connectivity index (χ2v) is 8.48. The lowest BCUT2D eigenvalue weighted by Crippen LogP contribution is -2.33. The quantitative estimate of drug-likeness (QED) is 0.229. The lowest BCUT2D eigenvalue weighted by atomic mass is 10.2. The molecule has 0 aliphatic carbocycles. The predicted molar refractivity (Wildman–Crippen MR) is 128 cm³/mol. The number of amides is 1. The smallest absolute Gasteiger partial charge is 0.341 e. The number of carbonyl (C=O) groups excluding carboxylic acids is 2. The van der Waals surface area contributed by atoms with E-state index in [-0.39, 0.29) is 28.6 Å². The molecule has 0 atom stereocenters. The molecule has 176 valence electrons. The van der Waals surface area contributed by atoms with E-state index in [4.69, 9.17) is 14.5 Å². The van der Waals surface area contributed by atoms with Crippen LogP contribution in [0, 0.1) is 6.92 Å². The Hall–Kier alpha value is -3.63. The highest BCUT2D eigenvalue weighted by molar-refractivity contribution is 7.12. The first kappa shape index (κ1) is 23.5. The molecule has 0 aromatic carbocycles.